The highest BCUT2D eigenvalue weighted by molar-refractivity contribution is 4.63. The number of nitrogens with zero attached hydrogens (tertiary/aromatic N) is 1. The van der Waals surface area contributed by atoms with Gasteiger partial charge in [-0.1, -0.05) is 19.3 Å². The minimum atomic E-state index is -0.0742. The van der Waals surface area contributed by atoms with E-state index in [4.69, 9.17) is 4.84 Å². The first-order chi connectivity index (χ1) is 4.62. The highest BCUT2D eigenvalue weighted by Gasteiger charge is 2.15. The van der Waals surface area contributed by atoms with Crippen molar-refractivity contribution in [2.24, 2.45) is 0 Å². The third-order valence-corrected chi connectivity index (χ3v) is 1.48. The number of rotatable bonds is 5. The van der Waals surface area contributed by atoms with E-state index in [1.165, 1.54) is 0 Å². The highest BCUT2D eigenvalue weighted by atomic mass is 16.7. The summed E-state index contributed by atoms with van der Waals surface area (Å²) in [5, 5.41) is 0. The second kappa shape index (κ2) is 4.69. The Hall–Kier alpha value is -0.0800. The molecule has 0 aromatic carbocycles. The molecule has 0 rings (SSSR count). The van der Waals surface area contributed by atoms with Crippen molar-refractivity contribution in [3.8, 4) is 0 Å². The van der Waals surface area contributed by atoms with Gasteiger partial charge in [0.15, 0.2) is 0 Å². The summed E-state index contributed by atoms with van der Waals surface area (Å²) in [5.41, 5.74) is 3.86. The predicted molar refractivity (Wildman–Crippen MR) is 42.7 cm³/mol. The minimum Gasteiger partial charge on any atom is -0.276 e. The van der Waals surface area contributed by atoms with Crippen molar-refractivity contribution >= 4 is 0 Å². The molecule has 0 aromatic rings. The van der Waals surface area contributed by atoms with E-state index in [0.29, 0.717) is 0 Å². The van der Waals surface area contributed by atoms with Crippen LogP contribution < -0.4 is 5.48 Å². The lowest BCUT2D eigenvalue weighted by Crippen LogP contribution is -2.27. The normalized spacial score (nSPS) is 12.0. The van der Waals surface area contributed by atoms with E-state index in [1.54, 1.807) is 0 Å². The molecule has 2 nitrogen and oxygen atoms in total. The van der Waals surface area contributed by atoms with Crippen LogP contribution in [0.25, 0.3) is 0 Å². The Morgan fingerprint density at radius 1 is 1.30 bits per heavy atom. The third kappa shape index (κ3) is 4.77. The van der Waals surface area contributed by atoms with Crippen LogP contribution in [0, 0.1) is 0 Å². The standard InChI is InChI=1S/C8H18NO/c1-5-7-9-10-8(3,4)6-2/h5-7H2,1-4H3. The average Bonchev–Trinajstić information content (AvgIpc) is 1.89. The first-order valence-electron chi connectivity index (χ1n) is 3.97. The molecule has 10 heavy (non-hydrogen) atoms. The predicted octanol–water partition coefficient (Wildman–Crippen LogP) is 2.12. The van der Waals surface area contributed by atoms with Crippen LogP contribution in [0.5, 0.6) is 0 Å². The average molecular weight is 144 g/mol. The second-order valence-electron chi connectivity index (χ2n) is 3.06. The van der Waals surface area contributed by atoms with Crippen LogP contribution in [-0.4, -0.2) is 12.1 Å². The van der Waals surface area contributed by atoms with Crippen LogP contribution in [0.2, 0.25) is 0 Å². The largest absolute Gasteiger partial charge is 0.276 e. The molecule has 0 aliphatic carbocycles. The topological polar surface area (TPSA) is 23.3 Å². The van der Waals surface area contributed by atoms with Gasteiger partial charge in [-0.15, -0.1) is 0 Å². The van der Waals surface area contributed by atoms with Crippen molar-refractivity contribution in [2.45, 2.75) is 46.1 Å². The Balaban J connectivity index is 3.28. The summed E-state index contributed by atoms with van der Waals surface area (Å²) in [6.07, 6.45) is 2.06. The first-order valence-corrected chi connectivity index (χ1v) is 3.97. The molecule has 0 saturated heterocycles. The van der Waals surface area contributed by atoms with E-state index in [9.17, 15) is 0 Å². The smallest absolute Gasteiger partial charge is 0.0858 e. The molecule has 0 aliphatic heterocycles. The summed E-state index contributed by atoms with van der Waals surface area (Å²) in [6, 6.07) is 0. The van der Waals surface area contributed by atoms with E-state index in [0.717, 1.165) is 19.4 Å². The molecule has 0 aromatic heterocycles. The van der Waals surface area contributed by atoms with Crippen LogP contribution in [0.1, 0.15) is 40.5 Å². The monoisotopic (exact) mass is 144 g/mol. The number of hydrogen-bond acceptors (Lipinski definition) is 1. The molecule has 0 fully saturated rings. The van der Waals surface area contributed by atoms with E-state index in [1.807, 2.05) is 13.8 Å². The lowest BCUT2D eigenvalue weighted by atomic mass is 10.1. The Morgan fingerprint density at radius 2 is 1.90 bits per heavy atom. The fourth-order valence-electron chi connectivity index (χ4n) is 0.376. The van der Waals surface area contributed by atoms with Gasteiger partial charge in [0, 0.05) is 6.54 Å². The van der Waals surface area contributed by atoms with Crippen LogP contribution in [0.4, 0.5) is 0 Å². The van der Waals surface area contributed by atoms with E-state index in [-0.39, 0.29) is 5.60 Å². The van der Waals surface area contributed by atoms with Gasteiger partial charge in [0.05, 0.1) is 5.60 Å². The molecule has 0 atom stereocenters. The van der Waals surface area contributed by atoms with E-state index in [2.05, 4.69) is 19.3 Å². The summed E-state index contributed by atoms with van der Waals surface area (Å²) in [4.78, 5) is 5.24. The molecule has 0 amide bonds. The SMILES string of the molecule is CCC[N]OC(C)(C)CC. The molecular formula is C8H18NO. The number of hydrogen-bond donors (Lipinski definition) is 0. The maximum Gasteiger partial charge on any atom is 0.0858 e. The summed E-state index contributed by atoms with van der Waals surface area (Å²) >= 11 is 0. The summed E-state index contributed by atoms with van der Waals surface area (Å²) in [7, 11) is 0. The number of hydroxylamine groups is 1. The van der Waals surface area contributed by atoms with Crippen molar-refractivity contribution in [1.82, 2.24) is 5.48 Å². The summed E-state index contributed by atoms with van der Waals surface area (Å²) in [6.45, 7) is 9.09. The van der Waals surface area contributed by atoms with Gasteiger partial charge in [-0.25, -0.2) is 0 Å². The zero-order valence-corrected chi connectivity index (χ0v) is 7.48. The second-order valence-corrected chi connectivity index (χ2v) is 3.06. The molecule has 0 heterocycles. The van der Waals surface area contributed by atoms with E-state index >= 15 is 0 Å². The molecule has 1 radical (unpaired) electrons. The van der Waals surface area contributed by atoms with Crippen molar-refractivity contribution in [2.75, 3.05) is 6.54 Å². The third-order valence-electron chi connectivity index (χ3n) is 1.48. The molecular weight excluding hydrogens is 126 g/mol. The zero-order chi connectivity index (χ0) is 8.04. The lowest BCUT2D eigenvalue weighted by Gasteiger charge is -2.21. The molecule has 0 aliphatic rings. The molecule has 0 bridgehead atoms. The lowest BCUT2D eigenvalue weighted by molar-refractivity contribution is -0.0915. The molecule has 61 valence electrons. The van der Waals surface area contributed by atoms with Crippen LogP contribution in [-0.2, 0) is 4.84 Å². The van der Waals surface area contributed by atoms with Crippen molar-refractivity contribution in [3.63, 3.8) is 0 Å². The van der Waals surface area contributed by atoms with Crippen molar-refractivity contribution in [1.29, 1.82) is 0 Å². The Labute approximate surface area is 63.9 Å². The van der Waals surface area contributed by atoms with Crippen molar-refractivity contribution < 1.29 is 4.84 Å². The van der Waals surface area contributed by atoms with Crippen LogP contribution in [0.3, 0.4) is 0 Å². The Bertz CT molecular complexity index is 81.3. The van der Waals surface area contributed by atoms with Gasteiger partial charge < -0.3 is 0 Å². The van der Waals surface area contributed by atoms with Crippen molar-refractivity contribution in [3.05, 3.63) is 0 Å². The van der Waals surface area contributed by atoms with Crippen LogP contribution in [0.15, 0.2) is 0 Å². The van der Waals surface area contributed by atoms with Gasteiger partial charge >= 0.3 is 0 Å². The molecule has 0 N–H and O–H groups in total. The van der Waals surface area contributed by atoms with Gasteiger partial charge in [-0.3, -0.25) is 4.84 Å². The highest BCUT2D eigenvalue weighted by Crippen LogP contribution is 2.11. The molecule has 0 spiro atoms. The van der Waals surface area contributed by atoms with Crippen LogP contribution >= 0.6 is 0 Å². The van der Waals surface area contributed by atoms with Gasteiger partial charge in [-0.05, 0) is 26.7 Å². The fraction of sp³-hybridized carbons (Fsp3) is 1.00. The summed E-state index contributed by atoms with van der Waals surface area (Å²) in [5.74, 6) is 0. The Morgan fingerprint density at radius 3 is 2.30 bits per heavy atom. The van der Waals surface area contributed by atoms with Gasteiger partial charge in [0.1, 0.15) is 0 Å². The molecule has 0 saturated carbocycles. The summed E-state index contributed by atoms with van der Waals surface area (Å²) < 4.78 is 0. The van der Waals surface area contributed by atoms with Gasteiger partial charge in [-0.2, -0.15) is 0 Å². The van der Waals surface area contributed by atoms with E-state index < -0.39 is 0 Å². The fourth-order valence-corrected chi connectivity index (χ4v) is 0.376. The molecule has 0 unspecified atom stereocenters. The Kier molecular flexibility index (Phi) is 4.65. The van der Waals surface area contributed by atoms with Gasteiger partial charge in [0.2, 0.25) is 0 Å². The quantitative estimate of drug-likeness (QED) is 0.428. The molecule has 2 heteroatoms. The maximum absolute atomic E-state index is 5.24. The first kappa shape index (κ1) is 9.92. The minimum absolute atomic E-state index is 0.0742. The maximum atomic E-state index is 5.24. The van der Waals surface area contributed by atoms with Gasteiger partial charge in [0.25, 0.3) is 0 Å². The zero-order valence-electron chi connectivity index (χ0n) is 7.48.